The maximum atomic E-state index is 2.46. The molecule has 0 aliphatic heterocycles. The Labute approximate surface area is 130 Å². The summed E-state index contributed by atoms with van der Waals surface area (Å²) in [5, 5.41) is 0. The van der Waals surface area contributed by atoms with Gasteiger partial charge in [-0.1, -0.05) is 75.7 Å². The van der Waals surface area contributed by atoms with Crippen molar-refractivity contribution in [2.75, 3.05) is 0 Å². The fourth-order valence-electron chi connectivity index (χ4n) is 3.02. The fourth-order valence-corrected chi connectivity index (χ4v) is 3.02. The van der Waals surface area contributed by atoms with Crippen molar-refractivity contribution < 1.29 is 0 Å². The third-order valence-corrected chi connectivity index (χ3v) is 4.94. The summed E-state index contributed by atoms with van der Waals surface area (Å²) in [7, 11) is 0. The quantitative estimate of drug-likeness (QED) is 0.433. The van der Waals surface area contributed by atoms with Gasteiger partial charge in [-0.15, -0.1) is 0 Å². The van der Waals surface area contributed by atoms with E-state index in [1.54, 1.807) is 0 Å². The van der Waals surface area contributed by atoms with Crippen LogP contribution >= 0.6 is 0 Å². The van der Waals surface area contributed by atoms with Gasteiger partial charge in [-0.3, -0.25) is 0 Å². The number of hydrogen-bond donors (Lipinski definition) is 0. The lowest BCUT2D eigenvalue weighted by molar-refractivity contribution is 0.143. The summed E-state index contributed by atoms with van der Waals surface area (Å²) in [6.45, 7) is 24.1. The monoisotopic (exact) mass is 282 g/mol. The first kappa shape index (κ1) is 20.0. The molecule has 0 atom stereocenters. The Morgan fingerprint density at radius 1 is 0.500 bits per heavy atom. The van der Waals surface area contributed by atoms with Gasteiger partial charge in [0.05, 0.1) is 0 Å². The van der Waals surface area contributed by atoms with Crippen LogP contribution in [0.25, 0.3) is 0 Å². The summed E-state index contributed by atoms with van der Waals surface area (Å²) < 4.78 is 0. The van der Waals surface area contributed by atoms with Crippen LogP contribution in [-0.4, -0.2) is 0 Å². The molecule has 0 aromatic rings. The van der Waals surface area contributed by atoms with Crippen LogP contribution in [0.1, 0.15) is 108 Å². The summed E-state index contributed by atoms with van der Waals surface area (Å²) in [4.78, 5) is 0. The molecule has 0 bridgehead atoms. The van der Waals surface area contributed by atoms with E-state index in [-0.39, 0.29) is 0 Å². The van der Waals surface area contributed by atoms with E-state index in [0.717, 1.165) is 0 Å². The highest BCUT2D eigenvalue weighted by Crippen LogP contribution is 2.42. The normalized spacial score (nSPS) is 14.7. The fraction of sp³-hybridized carbons (Fsp3) is 1.00. The molecule has 0 nitrogen and oxygen atoms in total. The summed E-state index contributed by atoms with van der Waals surface area (Å²) in [6.07, 6.45) is 8.02. The molecular weight excluding hydrogens is 240 g/mol. The van der Waals surface area contributed by atoms with Crippen molar-refractivity contribution in [1.82, 2.24) is 0 Å². The van der Waals surface area contributed by atoms with Gasteiger partial charge < -0.3 is 0 Å². The predicted molar refractivity (Wildman–Crippen MR) is 94.2 cm³/mol. The second-order valence-corrected chi connectivity index (χ2v) is 10.6. The number of rotatable bonds is 8. The molecule has 122 valence electrons. The first-order valence-electron chi connectivity index (χ1n) is 8.68. The zero-order chi connectivity index (χ0) is 16.2. The highest BCUT2D eigenvalue weighted by Gasteiger charge is 2.30. The Balaban J connectivity index is 4.37. The van der Waals surface area contributed by atoms with E-state index < -0.39 is 0 Å². The van der Waals surface area contributed by atoms with Crippen LogP contribution in [0, 0.1) is 21.7 Å². The predicted octanol–water partition coefficient (Wildman–Crippen LogP) is 7.47. The average molecular weight is 283 g/mol. The van der Waals surface area contributed by atoms with Crippen molar-refractivity contribution in [2.24, 2.45) is 21.7 Å². The summed E-state index contributed by atoms with van der Waals surface area (Å²) in [5.74, 6) is 0. The van der Waals surface area contributed by atoms with Gasteiger partial charge in [0.25, 0.3) is 0 Å². The van der Waals surface area contributed by atoms with Crippen LogP contribution in [-0.2, 0) is 0 Å². The molecule has 0 rings (SSSR count). The largest absolute Gasteiger partial charge is 0.0649 e. The van der Waals surface area contributed by atoms with E-state index >= 15 is 0 Å². The number of hydrogen-bond acceptors (Lipinski definition) is 0. The van der Waals surface area contributed by atoms with Gasteiger partial charge in [0.2, 0.25) is 0 Å². The molecule has 0 aromatic heterocycles. The van der Waals surface area contributed by atoms with E-state index in [4.69, 9.17) is 0 Å². The SMILES string of the molecule is CCC(C)(C)CC(C)(C)CCC(C)(C)CCC(C)(C)C. The Kier molecular flexibility index (Phi) is 6.84. The van der Waals surface area contributed by atoms with Gasteiger partial charge in [-0.2, -0.15) is 0 Å². The Morgan fingerprint density at radius 2 is 0.900 bits per heavy atom. The molecule has 0 amide bonds. The highest BCUT2D eigenvalue weighted by atomic mass is 14.4. The average Bonchev–Trinajstić information content (AvgIpc) is 2.22. The van der Waals surface area contributed by atoms with Gasteiger partial charge in [0, 0.05) is 0 Å². The maximum Gasteiger partial charge on any atom is -0.0349 e. The van der Waals surface area contributed by atoms with E-state index in [1.807, 2.05) is 0 Å². The molecule has 0 unspecified atom stereocenters. The van der Waals surface area contributed by atoms with Crippen molar-refractivity contribution in [1.29, 1.82) is 0 Å². The van der Waals surface area contributed by atoms with Crippen LogP contribution in [0.5, 0.6) is 0 Å². The van der Waals surface area contributed by atoms with Crippen molar-refractivity contribution in [3.63, 3.8) is 0 Å². The summed E-state index contributed by atoms with van der Waals surface area (Å²) in [5.41, 5.74) is 1.91. The third kappa shape index (κ3) is 9.83. The Bertz CT molecular complexity index is 273. The van der Waals surface area contributed by atoms with Crippen LogP contribution < -0.4 is 0 Å². The topological polar surface area (TPSA) is 0 Å². The zero-order valence-electron chi connectivity index (χ0n) is 16.2. The minimum absolute atomic E-state index is 0.469. The maximum absolute atomic E-state index is 2.46. The van der Waals surface area contributed by atoms with Gasteiger partial charge in [-0.05, 0) is 53.8 Å². The highest BCUT2D eigenvalue weighted by molar-refractivity contribution is 4.81. The molecule has 0 N–H and O–H groups in total. The molecule has 0 heteroatoms. The van der Waals surface area contributed by atoms with Crippen LogP contribution in [0.3, 0.4) is 0 Å². The third-order valence-electron chi connectivity index (χ3n) is 4.94. The van der Waals surface area contributed by atoms with Crippen molar-refractivity contribution in [3.8, 4) is 0 Å². The molecule has 0 aliphatic carbocycles. The van der Waals surface area contributed by atoms with E-state index in [9.17, 15) is 0 Å². The standard InChI is InChI=1S/C20H42/c1-11-18(5,6)16-20(9,10)15-14-19(7,8)13-12-17(2,3)4/h11-16H2,1-10H3. The Hall–Kier alpha value is 0. The molecule has 0 saturated heterocycles. The van der Waals surface area contributed by atoms with Gasteiger partial charge in [0.1, 0.15) is 0 Å². The van der Waals surface area contributed by atoms with Gasteiger partial charge in [0.15, 0.2) is 0 Å². The lowest BCUT2D eigenvalue weighted by atomic mass is 9.68. The second-order valence-electron chi connectivity index (χ2n) is 10.6. The molecule has 20 heavy (non-hydrogen) atoms. The van der Waals surface area contributed by atoms with Gasteiger partial charge in [-0.25, -0.2) is 0 Å². The van der Waals surface area contributed by atoms with Crippen molar-refractivity contribution in [2.45, 2.75) is 108 Å². The molecule has 0 aliphatic rings. The second kappa shape index (κ2) is 6.84. The van der Waals surface area contributed by atoms with E-state index in [1.165, 1.54) is 38.5 Å². The van der Waals surface area contributed by atoms with E-state index in [0.29, 0.717) is 21.7 Å². The van der Waals surface area contributed by atoms with E-state index in [2.05, 4.69) is 69.2 Å². The van der Waals surface area contributed by atoms with Crippen molar-refractivity contribution in [3.05, 3.63) is 0 Å². The molecule has 0 saturated carbocycles. The summed E-state index contributed by atoms with van der Waals surface area (Å²) in [6, 6.07) is 0. The summed E-state index contributed by atoms with van der Waals surface area (Å²) >= 11 is 0. The molecule has 0 heterocycles. The molecular formula is C20H42. The van der Waals surface area contributed by atoms with Crippen LogP contribution in [0.4, 0.5) is 0 Å². The first-order valence-corrected chi connectivity index (χ1v) is 8.68. The van der Waals surface area contributed by atoms with Crippen LogP contribution in [0.2, 0.25) is 0 Å². The molecule has 0 aromatic carbocycles. The lowest BCUT2D eigenvalue weighted by Crippen LogP contribution is -2.25. The van der Waals surface area contributed by atoms with Crippen molar-refractivity contribution >= 4 is 0 Å². The minimum Gasteiger partial charge on any atom is -0.0649 e. The lowest BCUT2D eigenvalue weighted by Gasteiger charge is -2.37. The first-order chi connectivity index (χ1) is 8.68. The minimum atomic E-state index is 0.469. The smallest absolute Gasteiger partial charge is 0.0349 e. The van der Waals surface area contributed by atoms with Crippen LogP contribution in [0.15, 0.2) is 0 Å². The molecule has 0 radical (unpaired) electrons. The Morgan fingerprint density at radius 3 is 1.30 bits per heavy atom. The molecule has 0 spiro atoms. The zero-order valence-corrected chi connectivity index (χ0v) is 16.2. The molecule has 0 fully saturated rings. The van der Waals surface area contributed by atoms with Gasteiger partial charge >= 0.3 is 0 Å².